The maximum Gasteiger partial charge on any atom is 0.0146 e. The maximum atomic E-state index is 5.93. The Hall–Kier alpha value is -2.27. The number of benzene rings is 3. The zero-order chi connectivity index (χ0) is 30.4. The van der Waals surface area contributed by atoms with Crippen molar-refractivity contribution in [2.75, 3.05) is 37.1 Å². The van der Waals surface area contributed by atoms with Gasteiger partial charge in [-0.25, -0.2) is 0 Å². The molecule has 0 spiro atoms. The summed E-state index contributed by atoms with van der Waals surface area (Å²) in [4.78, 5) is 4.81. The summed E-state index contributed by atoms with van der Waals surface area (Å²) < 4.78 is 16.9. The van der Waals surface area contributed by atoms with Crippen LogP contribution in [0.3, 0.4) is 0 Å². The Morgan fingerprint density at radius 1 is 0.756 bits per heavy atom. The normalized spacial score (nSPS) is 13.1. The van der Waals surface area contributed by atoms with Crippen molar-refractivity contribution < 1.29 is 27.7 Å². The van der Waals surface area contributed by atoms with Crippen LogP contribution in [0.1, 0.15) is 52.8 Å². The number of hydrogen-bond acceptors (Lipinski definition) is 4. The first-order chi connectivity index (χ1) is 19.3. The predicted octanol–water partition coefficient (Wildman–Crippen LogP) is 8.41. The molecular formula is C33H44Cl2N2O3Ru. The van der Waals surface area contributed by atoms with Gasteiger partial charge in [-0.05, 0) is 63.8 Å². The van der Waals surface area contributed by atoms with Crippen LogP contribution in [-0.4, -0.2) is 42.8 Å². The van der Waals surface area contributed by atoms with Gasteiger partial charge in [0.25, 0.3) is 0 Å². The Morgan fingerprint density at radius 2 is 1.17 bits per heavy atom. The fraction of sp³-hybridized carbons (Fsp3) is 0.394. The molecule has 4 rings (SSSR count). The molecule has 0 aliphatic carbocycles. The predicted molar refractivity (Wildman–Crippen MR) is 174 cm³/mol. The van der Waals surface area contributed by atoms with Crippen LogP contribution in [0, 0.1) is 48.2 Å². The van der Waals surface area contributed by atoms with E-state index in [2.05, 4.69) is 87.0 Å². The minimum atomic E-state index is -1.90. The third-order valence-electron chi connectivity index (χ3n) is 6.82. The molecular weight excluding hydrogens is 644 g/mol. The van der Waals surface area contributed by atoms with E-state index in [0.29, 0.717) is 11.5 Å². The third-order valence-corrected chi connectivity index (χ3v) is 8.66. The van der Waals surface area contributed by atoms with Crippen molar-refractivity contribution in [2.24, 2.45) is 0 Å². The van der Waals surface area contributed by atoms with Gasteiger partial charge in [0, 0.05) is 24.5 Å². The first-order valence-corrected chi connectivity index (χ1v) is 19.2. The van der Waals surface area contributed by atoms with Crippen LogP contribution in [0.15, 0.2) is 36.4 Å². The molecule has 3 aromatic carbocycles. The zero-order valence-corrected chi connectivity index (χ0v) is 29.1. The van der Waals surface area contributed by atoms with E-state index in [1.807, 2.05) is 30.6 Å². The van der Waals surface area contributed by atoms with Gasteiger partial charge in [-0.1, -0.05) is 35.4 Å². The van der Waals surface area contributed by atoms with Gasteiger partial charge in [0.2, 0.25) is 0 Å². The average Bonchev–Trinajstić information content (AvgIpc) is 3.32. The SMILES string of the molecule is COc1cc([CH]=[Ru]([Cl])[Cl])c([OH+]C(C)C)cc1OC.Cc1cc(C)c(N2[CH-]N(c3c(C)cc(C)cc3C)CC2)c(C)c1. The van der Waals surface area contributed by atoms with Gasteiger partial charge in [0.05, 0.1) is 0 Å². The van der Waals surface area contributed by atoms with Crippen molar-refractivity contribution in [1.82, 2.24) is 0 Å². The molecule has 1 fully saturated rings. The van der Waals surface area contributed by atoms with Gasteiger partial charge in [0.15, 0.2) is 0 Å². The second-order valence-corrected chi connectivity index (χ2v) is 16.5. The molecule has 0 amide bonds. The number of nitrogens with zero attached hydrogens (tertiary/aromatic N) is 2. The van der Waals surface area contributed by atoms with Crippen molar-refractivity contribution in [3.05, 3.63) is 82.0 Å². The molecule has 8 heteroatoms. The Kier molecular flexibility index (Phi) is 12.0. The summed E-state index contributed by atoms with van der Waals surface area (Å²) in [6.45, 7) is 21.6. The molecule has 1 aliphatic rings. The summed E-state index contributed by atoms with van der Waals surface area (Å²) in [6, 6.07) is 12.8. The van der Waals surface area contributed by atoms with Gasteiger partial charge in [-0.2, -0.15) is 6.67 Å². The summed E-state index contributed by atoms with van der Waals surface area (Å²) in [5.41, 5.74) is 11.7. The minimum absolute atomic E-state index is 0.182. The van der Waals surface area contributed by atoms with E-state index in [9.17, 15) is 0 Å². The number of aliphatic hydroxyl groups is 1. The van der Waals surface area contributed by atoms with E-state index in [4.69, 9.17) is 28.9 Å². The van der Waals surface area contributed by atoms with E-state index in [1.165, 1.54) is 44.8 Å². The zero-order valence-electron chi connectivity index (χ0n) is 25.9. The summed E-state index contributed by atoms with van der Waals surface area (Å²) in [5, 5.41) is 0. The van der Waals surface area contributed by atoms with E-state index >= 15 is 0 Å². The molecule has 41 heavy (non-hydrogen) atoms. The second-order valence-electron chi connectivity index (χ2n) is 10.8. The van der Waals surface area contributed by atoms with Crippen LogP contribution in [-0.2, 0) is 13.5 Å². The fourth-order valence-corrected chi connectivity index (χ4v) is 7.32. The molecule has 1 aliphatic heterocycles. The molecule has 0 saturated carbocycles. The first kappa shape index (κ1) is 33.2. The number of hydrogen-bond donors (Lipinski definition) is 0. The topological polar surface area (TPSA) is 37.7 Å². The molecule has 5 nitrogen and oxygen atoms in total. The van der Waals surface area contributed by atoms with Gasteiger partial charge >= 0.3 is 121 Å². The van der Waals surface area contributed by atoms with Gasteiger partial charge in [0.1, 0.15) is 0 Å². The standard InChI is InChI=1S/C21H27N2.C12H16O3.2ClH.Ru/c1-14-9-16(3)20(17(4)10-14)22-7-8-23(13-22)21-18(5)11-15(2)12-19(21)6;1-8(2)15-10-7-12(14-5)11(13-4)6-9(10)3;;;/h9-13H,7-8H2,1-6H3;3,6-8H,1-2,4-5H3;2*1H;/q-1;;;;+2/p-1. The van der Waals surface area contributed by atoms with Crippen LogP contribution in [0.4, 0.5) is 11.4 Å². The number of halogens is 2. The molecule has 0 radical (unpaired) electrons. The molecule has 1 N–H and O–H groups in total. The summed E-state index contributed by atoms with van der Waals surface area (Å²) in [5.74, 6) is 2.12. The van der Waals surface area contributed by atoms with E-state index in [-0.39, 0.29) is 6.10 Å². The monoisotopic (exact) mass is 688 g/mol. The maximum absolute atomic E-state index is 5.93. The molecule has 3 aromatic rings. The van der Waals surface area contributed by atoms with Gasteiger partial charge in [-0.15, -0.1) is 0 Å². The molecule has 0 unspecified atom stereocenters. The summed E-state index contributed by atoms with van der Waals surface area (Å²) in [6.07, 6.45) is 0.182. The number of rotatable bonds is 7. The summed E-state index contributed by atoms with van der Waals surface area (Å²) in [7, 11) is 15.1. The Bertz CT molecular complexity index is 1290. The summed E-state index contributed by atoms with van der Waals surface area (Å²) >= 11 is -1.90. The smallest absolute Gasteiger partial charge is 0.0146 e. The third kappa shape index (κ3) is 8.63. The van der Waals surface area contributed by atoms with E-state index in [0.717, 1.165) is 24.4 Å². The van der Waals surface area contributed by atoms with Gasteiger partial charge < -0.3 is 9.80 Å². The van der Waals surface area contributed by atoms with Crippen molar-refractivity contribution in [1.29, 1.82) is 0 Å². The van der Waals surface area contributed by atoms with Crippen LogP contribution in [0.25, 0.3) is 0 Å². The largest absolute Gasteiger partial charge is 0.502 e. The van der Waals surface area contributed by atoms with Crippen molar-refractivity contribution in [2.45, 2.75) is 61.5 Å². The Balaban J connectivity index is 0.000000233. The van der Waals surface area contributed by atoms with E-state index in [1.54, 1.807) is 14.2 Å². The number of methoxy groups -OCH3 is 2. The van der Waals surface area contributed by atoms with Crippen LogP contribution < -0.4 is 19.3 Å². The first-order valence-electron chi connectivity index (χ1n) is 13.7. The van der Waals surface area contributed by atoms with Crippen LogP contribution >= 0.6 is 19.4 Å². The molecule has 0 aromatic heterocycles. The fourth-order valence-electron chi connectivity index (χ4n) is 5.53. The number of ether oxygens (including phenoxy) is 3. The Morgan fingerprint density at radius 3 is 1.54 bits per heavy atom. The van der Waals surface area contributed by atoms with Gasteiger partial charge in [-0.3, -0.25) is 0 Å². The second kappa shape index (κ2) is 14.8. The van der Waals surface area contributed by atoms with Crippen molar-refractivity contribution >= 4 is 35.4 Å². The van der Waals surface area contributed by atoms with E-state index < -0.39 is 13.5 Å². The molecule has 1 heterocycles. The number of aryl methyl sites for hydroxylation is 6. The molecule has 1 saturated heterocycles. The number of aromatic hydroxyl groups is 1. The number of anilines is 2. The molecule has 0 bridgehead atoms. The van der Waals surface area contributed by atoms with Crippen molar-refractivity contribution in [3.8, 4) is 17.2 Å². The molecule has 0 atom stereocenters. The minimum Gasteiger partial charge on any atom is -0.502 e. The van der Waals surface area contributed by atoms with Crippen molar-refractivity contribution in [3.63, 3.8) is 0 Å². The quantitative estimate of drug-likeness (QED) is 0.142. The Labute approximate surface area is 259 Å². The van der Waals surface area contributed by atoms with Crippen LogP contribution in [0.2, 0.25) is 0 Å². The average molecular weight is 689 g/mol. The molecule has 226 valence electrons. The van der Waals surface area contributed by atoms with Crippen LogP contribution in [0.5, 0.6) is 17.2 Å².